The van der Waals surface area contributed by atoms with Gasteiger partial charge in [-0.25, -0.2) is 4.79 Å². The molecule has 5 nitrogen and oxygen atoms in total. The van der Waals surface area contributed by atoms with Gasteiger partial charge in [0.2, 0.25) is 11.8 Å². The average Bonchev–Trinajstić information content (AvgIpc) is 3.20. The number of carbonyl (C=O) groups is 3. The number of benzene rings is 1. The lowest BCUT2D eigenvalue weighted by molar-refractivity contribution is -0.123. The first kappa shape index (κ1) is 14.0. The van der Waals surface area contributed by atoms with Gasteiger partial charge < -0.3 is 4.74 Å². The Balaban J connectivity index is 1.48. The van der Waals surface area contributed by atoms with Crippen molar-refractivity contribution in [1.82, 2.24) is 0 Å². The number of rotatable bonds is 2. The van der Waals surface area contributed by atoms with Crippen molar-refractivity contribution in [3.8, 4) is 0 Å². The molecule has 1 saturated heterocycles. The summed E-state index contributed by atoms with van der Waals surface area (Å²) >= 11 is 0. The number of amides is 2. The number of nitrogens with zero attached hydrogens (tertiary/aromatic N) is 1. The number of esters is 1. The monoisotopic (exact) mass is 323 g/mol. The summed E-state index contributed by atoms with van der Waals surface area (Å²) in [6.07, 6.45) is 6.59. The Labute approximate surface area is 139 Å². The Bertz CT molecular complexity index is 771. The molecule has 0 N–H and O–H groups in total. The van der Waals surface area contributed by atoms with Crippen molar-refractivity contribution in [3.63, 3.8) is 0 Å². The maximum absolute atomic E-state index is 13.0. The van der Waals surface area contributed by atoms with Gasteiger partial charge >= 0.3 is 5.97 Å². The van der Waals surface area contributed by atoms with E-state index < -0.39 is 5.97 Å². The molecule has 1 aromatic carbocycles. The van der Waals surface area contributed by atoms with Crippen molar-refractivity contribution < 1.29 is 19.1 Å². The lowest BCUT2D eigenvalue weighted by Crippen LogP contribution is -2.34. The van der Waals surface area contributed by atoms with Gasteiger partial charge in [-0.1, -0.05) is 12.2 Å². The van der Waals surface area contributed by atoms with Crippen LogP contribution in [0, 0.1) is 29.1 Å². The quantitative estimate of drug-likeness (QED) is 0.475. The number of carbonyl (C=O) groups excluding carboxylic acids is 3. The van der Waals surface area contributed by atoms with Gasteiger partial charge in [0, 0.05) is 0 Å². The summed E-state index contributed by atoms with van der Waals surface area (Å²) in [6.45, 7) is 0. The molecule has 1 heterocycles. The molecule has 5 rings (SSSR count). The zero-order valence-corrected chi connectivity index (χ0v) is 13.3. The van der Waals surface area contributed by atoms with Crippen LogP contribution in [-0.4, -0.2) is 24.9 Å². The maximum atomic E-state index is 13.0. The lowest BCUT2D eigenvalue weighted by atomic mass is 9.85. The van der Waals surface area contributed by atoms with E-state index in [1.807, 2.05) is 0 Å². The molecule has 1 aliphatic heterocycles. The highest BCUT2D eigenvalue weighted by molar-refractivity contribution is 6.23. The molecule has 0 aromatic heterocycles. The van der Waals surface area contributed by atoms with Crippen molar-refractivity contribution in [1.29, 1.82) is 0 Å². The molecule has 4 aliphatic rings. The first-order chi connectivity index (χ1) is 11.6. The van der Waals surface area contributed by atoms with Gasteiger partial charge in [0.1, 0.15) is 0 Å². The van der Waals surface area contributed by atoms with Crippen molar-refractivity contribution >= 4 is 23.5 Å². The van der Waals surface area contributed by atoms with Crippen LogP contribution in [0.3, 0.4) is 0 Å². The minimum Gasteiger partial charge on any atom is -0.465 e. The summed E-state index contributed by atoms with van der Waals surface area (Å²) in [6, 6.07) is 6.47. The van der Waals surface area contributed by atoms with E-state index in [0.717, 1.165) is 12.8 Å². The van der Waals surface area contributed by atoms with E-state index in [4.69, 9.17) is 0 Å². The molecule has 0 unspecified atom stereocenters. The molecular formula is C19H17NO4. The molecule has 5 heteroatoms. The first-order valence-corrected chi connectivity index (χ1v) is 8.33. The number of imide groups is 1. The van der Waals surface area contributed by atoms with Crippen LogP contribution in [0.1, 0.15) is 23.2 Å². The summed E-state index contributed by atoms with van der Waals surface area (Å²) in [5, 5.41) is 0. The molecule has 2 amide bonds. The molecule has 2 bridgehead atoms. The summed E-state index contributed by atoms with van der Waals surface area (Å²) < 4.78 is 4.68. The fourth-order valence-corrected chi connectivity index (χ4v) is 5.20. The minimum absolute atomic E-state index is 0.0843. The van der Waals surface area contributed by atoms with Crippen LogP contribution < -0.4 is 4.90 Å². The third kappa shape index (κ3) is 1.48. The highest BCUT2D eigenvalue weighted by Gasteiger charge is 2.73. The van der Waals surface area contributed by atoms with Gasteiger partial charge in [0.15, 0.2) is 0 Å². The number of hydrogen-bond donors (Lipinski definition) is 0. The average molecular weight is 323 g/mol. The van der Waals surface area contributed by atoms with E-state index in [9.17, 15) is 14.4 Å². The van der Waals surface area contributed by atoms with Crippen molar-refractivity contribution in [2.75, 3.05) is 12.0 Å². The normalized spacial score (nSPS) is 34.1. The predicted octanol–water partition coefficient (Wildman–Crippen LogP) is 2.17. The Hall–Kier alpha value is -2.43. The molecule has 3 aliphatic carbocycles. The predicted molar refractivity (Wildman–Crippen MR) is 85.0 cm³/mol. The Morgan fingerprint density at radius 2 is 1.58 bits per heavy atom. The number of hydrogen-bond acceptors (Lipinski definition) is 4. The summed E-state index contributed by atoms with van der Waals surface area (Å²) in [7, 11) is 1.32. The zero-order chi connectivity index (χ0) is 16.6. The smallest absolute Gasteiger partial charge is 0.337 e. The summed E-state index contributed by atoms with van der Waals surface area (Å²) in [5.74, 6) is -0.551. The van der Waals surface area contributed by atoms with Crippen molar-refractivity contribution in [2.24, 2.45) is 29.1 Å². The Morgan fingerprint density at radius 3 is 2.04 bits per heavy atom. The summed E-state index contributed by atoms with van der Waals surface area (Å²) in [5.41, 5.74) is 1.15. The number of allylic oxidation sites excluding steroid dienone is 2. The van der Waals surface area contributed by atoms with E-state index in [-0.39, 0.29) is 40.9 Å². The molecule has 122 valence electrons. The van der Waals surface area contributed by atoms with Crippen LogP contribution in [0.15, 0.2) is 36.4 Å². The second kappa shape index (κ2) is 4.35. The van der Waals surface area contributed by atoms with Gasteiger partial charge in [0.05, 0.1) is 30.2 Å². The van der Waals surface area contributed by atoms with E-state index in [0.29, 0.717) is 11.3 Å². The topological polar surface area (TPSA) is 63.7 Å². The highest BCUT2D eigenvalue weighted by Crippen LogP contribution is 2.73. The molecule has 1 aromatic rings. The van der Waals surface area contributed by atoms with E-state index in [1.165, 1.54) is 12.0 Å². The molecule has 1 spiro atoms. The minimum atomic E-state index is -0.435. The molecule has 0 radical (unpaired) electrons. The first-order valence-electron chi connectivity index (χ1n) is 8.33. The standard InChI is InChI=1S/C19H17NO4/c1-24-18(23)10-2-4-11(5-3-10)20-16(21)14-12-6-7-13(15(14)17(20)22)19(12)8-9-19/h2-7,12-15H,8-9H2,1H3/t12-,13-,14-,15+/m1/s1. The van der Waals surface area contributed by atoms with Crippen LogP contribution in [0.4, 0.5) is 5.69 Å². The largest absolute Gasteiger partial charge is 0.465 e. The van der Waals surface area contributed by atoms with Gasteiger partial charge in [-0.2, -0.15) is 0 Å². The van der Waals surface area contributed by atoms with Crippen LogP contribution in [0.5, 0.6) is 0 Å². The third-order valence-electron chi connectivity index (χ3n) is 6.40. The summed E-state index contributed by atoms with van der Waals surface area (Å²) in [4.78, 5) is 38.8. The third-order valence-corrected chi connectivity index (χ3v) is 6.40. The van der Waals surface area contributed by atoms with Gasteiger partial charge in [-0.15, -0.1) is 0 Å². The van der Waals surface area contributed by atoms with E-state index in [2.05, 4.69) is 16.9 Å². The lowest BCUT2D eigenvalue weighted by Gasteiger charge is -2.21. The van der Waals surface area contributed by atoms with E-state index >= 15 is 0 Å². The highest BCUT2D eigenvalue weighted by atomic mass is 16.5. The van der Waals surface area contributed by atoms with Crippen LogP contribution in [0.25, 0.3) is 0 Å². The fourth-order valence-electron chi connectivity index (χ4n) is 5.20. The molecular weight excluding hydrogens is 306 g/mol. The van der Waals surface area contributed by atoms with Gasteiger partial charge in [-0.3, -0.25) is 14.5 Å². The maximum Gasteiger partial charge on any atom is 0.337 e. The number of methoxy groups -OCH3 is 1. The molecule has 2 saturated carbocycles. The second-order valence-electron chi connectivity index (χ2n) is 7.27. The Morgan fingerprint density at radius 1 is 1.04 bits per heavy atom. The van der Waals surface area contributed by atoms with Crippen LogP contribution in [0.2, 0.25) is 0 Å². The van der Waals surface area contributed by atoms with Crippen LogP contribution in [-0.2, 0) is 14.3 Å². The van der Waals surface area contributed by atoms with Gasteiger partial charge in [-0.05, 0) is 54.4 Å². The Kier molecular flexibility index (Phi) is 2.53. The van der Waals surface area contributed by atoms with Crippen molar-refractivity contribution in [2.45, 2.75) is 12.8 Å². The molecule has 3 fully saturated rings. The van der Waals surface area contributed by atoms with E-state index in [1.54, 1.807) is 24.3 Å². The second-order valence-corrected chi connectivity index (χ2v) is 7.27. The van der Waals surface area contributed by atoms with Crippen molar-refractivity contribution in [3.05, 3.63) is 42.0 Å². The number of fused-ring (bicyclic) bond motifs is 3. The number of anilines is 1. The zero-order valence-electron chi connectivity index (χ0n) is 13.3. The molecule has 4 atom stereocenters. The molecule has 24 heavy (non-hydrogen) atoms. The number of ether oxygens (including phenoxy) is 1. The van der Waals surface area contributed by atoms with Crippen LogP contribution >= 0.6 is 0 Å². The fraction of sp³-hybridized carbons (Fsp3) is 0.421. The van der Waals surface area contributed by atoms with Gasteiger partial charge in [0.25, 0.3) is 0 Å². The SMILES string of the molecule is COC(=O)c1ccc(N2C(=O)[C@@H]3[C@H](C2=O)[C@H]2C=C[C@H]3C23CC3)cc1.